The average Bonchev–Trinajstić information content (AvgIpc) is 3.81. The first-order valence-electron chi connectivity index (χ1n) is 18.5. The van der Waals surface area contributed by atoms with E-state index in [1.54, 1.807) is 6.92 Å². The van der Waals surface area contributed by atoms with E-state index in [1.807, 2.05) is 0 Å². The Balaban J connectivity index is 1.03. The van der Waals surface area contributed by atoms with E-state index in [1.165, 1.54) is 0 Å². The van der Waals surface area contributed by atoms with Gasteiger partial charge in [-0.05, 0) is 97.2 Å². The molecule has 12 unspecified atom stereocenters. The van der Waals surface area contributed by atoms with Crippen LogP contribution in [0.5, 0.6) is 0 Å². The fraction of sp³-hybridized carbons (Fsp3) is 0.973. The Labute approximate surface area is 278 Å². The van der Waals surface area contributed by atoms with E-state index in [0.29, 0.717) is 24.4 Å². The highest BCUT2D eigenvalue weighted by Crippen LogP contribution is 2.89. The number of carbonyl (C=O) groups is 1. The summed E-state index contributed by atoms with van der Waals surface area (Å²) < 4.78 is 38.4. The van der Waals surface area contributed by atoms with Crippen LogP contribution in [0.15, 0.2) is 0 Å². The molecular weight excluding hydrogens is 604 g/mol. The second-order valence-corrected chi connectivity index (χ2v) is 18.9. The normalized spacial score (nSPS) is 62.8. The molecule has 264 valence electrons. The summed E-state index contributed by atoms with van der Waals surface area (Å²) in [6.45, 7) is 16.1. The Kier molecular flexibility index (Phi) is 6.50. The molecule has 4 heterocycles. The number of carbonyl (C=O) groups excluding carboxylic acids is 1. The van der Waals surface area contributed by atoms with Crippen LogP contribution in [0.4, 0.5) is 0 Å². The van der Waals surface area contributed by atoms with Crippen LogP contribution in [0.2, 0.25) is 0 Å². The van der Waals surface area contributed by atoms with Crippen molar-refractivity contribution < 1.29 is 48.5 Å². The van der Waals surface area contributed by atoms with Gasteiger partial charge in [-0.1, -0.05) is 34.6 Å². The highest BCUT2D eigenvalue weighted by atomic mass is 16.8. The molecule has 47 heavy (non-hydrogen) atoms. The average molecular weight is 661 g/mol. The summed E-state index contributed by atoms with van der Waals surface area (Å²) in [5.41, 5.74) is -0.492. The Morgan fingerprint density at radius 1 is 0.872 bits per heavy atom. The predicted octanol–water partition coefficient (Wildman–Crippen LogP) is 3.71. The first-order chi connectivity index (χ1) is 22.0. The van der Waals surface area contributed by atoms with Crippen molar-refractivity contribution in [1.29, 1.82) is 0 Å². The maximum absolute atomic E-state index is 12.9. The largest absolute Gasteiger partial charge is 0.462 e. The van der Waals surface area contributed by atoms with E-state index in [9.17, 15) is 20.1 Å². The van der Waals surface area contributed by atoms with Gasteiger partial charge in [-0.25, -0.2) is 0 Å². The minimum absolute atomic E-state index is 0.00697. The number of hydrogen-bond acceptors (Lipinski definition) is 10. The van der Waals surface area contributed by atoms with Gasteiger partial charge in [0.1, 0.15) is 36.1 Å². The third kappa shape index (κ3) is 3.78. The van der Waals surface area contributed by atoms with Crippen LogP contribution >= 0.6 is 0 Å². The molecule has 9 rings (SSSR count). The van der Waals surface area contributed by atoms with Gasteiger partial charge in [0.05, 0.1) is 25.4 Å². The SMILES string of the molecule is CC(=O)OC1C[C@@]23C[C@@]24CCC(OC2OCC(O)C(O)C2O)C(C)(C)C4CCC3[C@]2(C)CC3O[C@]4(CC(C)C3[C@@]12C)OC[C@@]1(C)OC41. The van der Waals surface area contributed by atoms with Crippen LogP contribution in [-0.4, -0.2) is 94.9 Å². The van der Waals surface area contributed by atoms with E-state index in [4.69, 9.17) is 28.4 Å². The number of esters is 1. The van der Waals surface area contributed by atoms with Gasteiger partial charge in [0.2, 0.25) is 0 Å². The Hall–Kier alpha value is -0.850. The van der Waals surface area contributed by atoms with Crippen molar-refractivity contribution in [1.82, 2.24) is 0 Å². The molecule has 0 radical (unpaired) electrons. The zero-order valence-electron chi connectivity index (χ0n) is 29.2. The topological polar surface area (TPSA) is 136 Å². The molecule has 10 nitrogen and oxygen atoms in total. The molecule has 10 heteroatoms. The fourth-order valence-electron chi connectivity index (χ4n) is 14.6. The minimum atomic E-state index is -1.29. The molecule has 0 bridgehead atoms. The van der Waals surface area contributed by atoms with Crippen LogP contribution in [-0.2, 0) is 33.2 Å². The summed E-state index contributed by atoms with van der Waals surface area (Å²) in [5, 5.41) is 31.0. The number of ether oxygens (including phenoxy) is 6. The Morgan fingerprint density at radius 3 is 2.30 bits per heavy atom. The highest BCUT2D eigenvalue weighted by molar-refractivity contribution is 5.66. The van der Waals surface area contributed by atoms with Crippen molar-refractivity contribution in [3.05, 3.63) is 0 Å². The quantitative estimate of drug-likeness (QED) is 0.234. The maximum atomic E-state index is 12.9. The number of fused-ring (bicyclic) bond motifs is 6. The molecule has 4 aliphatic heterocycles. The second-order valence-electron chi connectivity index (χ2n) is 18.9. The van der Waals surface area contributed by atoms with Crippen molar-refractivity contribution in [2.45, 2.75) is 160 Å². The summed E-state index contributed by atoms with van der Waals surface area (Å²) in [7, 11) is 0. The van der Waals surface area contributed by atoms with Gasteiger partial charge in [0.25, 0.3) is 0 Å². The van der Waals surface area contributed by atoms with E-state index >= 15 is 0 Å². The summed E-state index contributed by atoms with van der Waals surface area (Å²) in [6.07, 6.45) is 2.89. The molecule has 9 fully saturated rings. The zero-order chi connectivity index (χ0) is 33.3. The molecule has 18 atom stereocenters. The lowest BCUT2D eigenvalue weighted by Gasteiger charge is -2.65. The first-order valence-corrected chi connectivity index (χ1v) is 18.5. The van der Waals surface area contributed by atoms with E-state index in [-0.39, 0.29) is 75.6 Å². The summed E-state index contributed by atoms with van der Waals surface area (Å²) in [5.74, 6) is 0.642. The number of hydrogen-bond donors (Lipinski definition) is 3. The molecule has 5 saturated carbocycles. The van der Waals surface area contributed by atoms with Crippen molar-refractivity contribution in [3.8, 4) is 0 Å². The molecule has 0 amide bonds. The third-order valence-corrected chi connectivity index (χ3v) is 16.6. The number of aliphatic hydroxyl groups is 3. The molecule has 0 aromatic carbocycles. The fourth-order valence-corrected chi connectivity index (χ4v) is 14.6. The smallest absolute Gasteiger partial charge is 0.302 e. The van der Waals surface area contributed by atoms with E-state index in [0.717, 1.165) is 51.4 Å². The van der Waals surface area contributed by atoms with Gasteiger partial charge in [-0.15, -0.1) is 0 Å². The molecule has 0 aromatic heterocycles. The summed E-state index contributed by atoms with van der Waals surface area (Å²) in [6, 6.07) is 0. The standard InChI is InChI=1S/C37H56O10/c1-18-12-37(30-33(6,47-30)17-43-37)46-21-13-32(5)23-9-8-22-31(3,4)24(45-29-28(41)27(40)20(39)15-42-29)10-11-35(22)16-36(23,35)14-25(44-19(2)38)34(32,7)26(18)21/h18,20-30,39-41H,8-17H2,1-7H3/t18?,20?,21?,22?,23?,24?,25?,26?,27?,28?,29?,30?,32-,33+,34+,35+,36-,37-/m0/s1. The summed E-state index contributed by atoms with van der Waals surface area (Å²) in [4.78, 5) is 12.9. The number of rotatable bonds is 3. The van der Waals surface area contributed by atoms with Gasteiger partial charge >= 0.3 is 5.97 Å². The molecule has 3 N–H and O–H groups in total. The van der Waals surface area contributed by atoms with E-state index in [2.05, 4.69) is 41.5 Å². The van der Waals surface area contributed by atoms with Crippen LogP contribution in [0, 0.1) is 50.7 Å². The lowest BCUT2D eigenvalue weighted by molar-refractivity contribution is -0.309. The highest BCUT2D eigenvalue weighted by Gasteiger charge is 2.86. The molecule has 5 aliphatic carbocycles. The van der Waals surface area contributed by atoms with Crippen LogP contribution < -0.4 is 0 Å². The van der Waals surface area contributed by atoms with Gasteiger partial charge in [-0.3, -0.25) is 4.79 Å². The minimum Gasteiger partial charge on any atom is -0.462 e. The second kappa shape index (κ2) is 9.52. The van der Waals surface area contributed by atoms with Gasteiger partial charge in [0.15, 0.2) is 12.1 Å². The predicted molar refractivity (Wildman–Crippen MR) is 166 cm³/mol. The van der Waals surface area contributed by atoms with Crippen molar-refractivity contribution in [2.24, 2.45) is 50.7 Å². The first kappa shape index (κ1) is 32.1. The molecule has 4 saturated heterocycles. The van der Waals surface area contributed by atoms with Crippen molar-refractivity contribution in [3.63, 3.8) is 0 Å². The van der Waals surface area contributed by atoms with Gasteiger partial charge < -0.3 is 43.7 Å². The van der Waals surface area contributed by atoms with Gasteiger partial charge in [0, 0.05) is 18.8 Å². The van der Waals surface area contributed by atoms with Crippen molar-refractivity contribution in [2.75, 3.05) is 13.2 Å². The number of epoxide rings is 1. The lowest BCUT2D eigenvalue weighted by Crippen LogP contribution is -2.64. The summed E-state index contributed by atoms with van der Waals surface area (Å²) >= 11 is 0. The van der Waals surface area contributed by atoms with E-state index < -0.39 is 30.4 Å². The monoisotopic (exact) mass is 660 g/mol. The number of aliphatic hydroxyl groups excluding tert-OH is 3. The Bertz CT molecular complexity index is 1360. The zero-order valence-corrected chi connectivity index (χ0v) is 29.2. The van der Waals surface area contributed by atoms with Crippen LogP contribution in [0.25, 0.3) is 0 Å². The molecule has 3 spiro atoms. The van der Waals surface area contributed by atoms with Crippen LogP contribution in [0.3, 0.4) is 0 Å². The molecule has 0 aromatic rings. The Morgan fingerprint density at radius 2 is 1.62 bits per heavy atom. The maximum Gasteiger partial charge on any atom is 0.302 e. The molecular formula is C37H56O10. The van der Waals surface area contributed by atoms with Crippen LogP contribution in [0.1, 0.15) is 99.8 Å². The van der Waals surface area contributed by atoms with Gasteiger partial charge in [-0.2, -0.15) is 0 Å². The third-order valence-electron chi connectivity index (χ3n) is 16.6. The lowest BCUT2D eigenvalue weighted by atomic mass is 9.41. The van der Waals surface area contributed by atoms with Crippen molar-refractivity contribution >= 4 is 5.97 Å². The molecule has 9 aliphatic rings.